The Morgan fingerprint density at radius 2 is 1.86 bits per heavy atom. The molecule has 1 heterocycles. The molecule has 0 radical (unpaired) electrons. The number of hydrogen-bond donors (Lipinski definition) is 1. The summed E-state index contributed by atoms with van der Waals surface area (Å²) < 4.78 is 5.13. The van der Waals surface area contributed by atoms with Crippen LogP contribution in [0.3, 0.4) is 0 Å². The number of hydrogen-bond acceptors (Lipinski definition) is 2. The lowest BCUT2D eigenvalue weighted by Crippen LogP contribution is -2.26. The molecule has 4 heteroatoms. The van der Waals surface area contributed by atoms with Crippen molar-refractivity contribution >= 4 is 22.5 Å². The predicted molar refractivity (Wildman–Crippen MR) is 84.0 cm³/mol. The number of ether oxygens (including phenoxy) is 1. The number of aromatic nitrogens is 1. The first-order valence-corrected chi connectivity index (χ1v) is 6.69. The van der Waals surface area contributed by atoms with Gasteiger partial charge in [0.2, 0.25) is 0 Å². The standard InChI is InChI=1S/C17H16N2O2/c1-19(12-6-8-13(21-2)9-7-12)17(20)15-4-3-5-16-14(15)10-11-18-16/h3-11,18H,1-2H3. The lowest BCUT2D eigenvalue weighted by Gasteiger charge is -2.18. The second-order valence-electron chi connectivity index (χ2n) is 4.81. The fraction of sp³-hybridized carbons (Fsp3) is 0.118. The second-order valence-corrected chi connectivity index (χ2v) is 4.81. The van der Waals surface area contributed by atoms with Crippen LogP contribution in [0.4, 0.5) is 5.69 Å². The summed E-state index contributed by atoms with van der Waals surface area (Å²) >= 11 is 0. The summed E-state index contributed by atoms with van der Waals surface area (Å²) in [6.07, 6.45) is 1.84. The fourth-order valence-electron chi connectivity index (χ4n) is 2.38. The number of nitrogens with one attached hydrogen (secondary N) is 1. The van der Waals surface area contributed by atoms with Gasteiger partial charge in [0.25, 0.3) is 5.91 Å². The highest BCUT2D eigenvalue weighted by atomic mass is 16.5. The molecule has 0 fully saturated rings. The molecular formula is C17H16N2O2. The van der Waals surface area contributed by atoms with Crippen molar-refractivity contribution in [1.29, 1.82) is 0 Å². The van der Waals surface area contributed by atoms with E-state index in [2.05, 4.69) is 4.98 Å². The van der Waals surface area contributed by atoms with Gasteiger partial charge in [0.05, 0.1) is 7.11 Å². The highest BCUT2D eigenvalue weighted by Gasteiger charge is 2.16. The van der Waals surface area contributed by atoms with Crippen molar-refractivity contribution in [2.75, 3.05) is 19.1 Å². The molecule has 4 nitrogen and oxygen atoms in total. The highest BCUT2D eigenvalue weighted by Crippen LogP contribution is 2.23. The van der Waals surface area contributed by atoms with Gasteiger partial charge in [0, 0.05) is 35.4 Å². The van der Waals surface area contributed by atoms with E-state index in [1.807, 2.05) is 54.7 Å². The smallest absolute Gasteiger partial charge is 0.258 e. The predicted octanol–water partition coefficient (Wildman–Crippen LogP) is 3.45. The first kappa shape index (κ1) is 13.2. The van der Waals surface area contributed by atoms with Crippen molar-refractivity contribution in [1.82, 2.24) is 4.98 Å². The van der Waals surface area contributed by atoms with Crippen LogP contribution in [0.2, 0.25) is 0 Å². The summed E-state index contributed by atoms with van der Waals surface area (Å²) in [6, 6.07) is 15.0. The molecule has 0 unspecified atom stereocenters. The second kappa shape index (κ2) is 5.32. The van der Waals surface area contributed by atoms with E-state index in [1.165, 1.54) is 0 Å². The number of fused-ring (bicyclic) bond motifs is 1. The Bertz CT molecular complexity index is 775. The first-order chi connectivity index (χ1) is 10.2. The van der Waals surface area contributed by atoms with Crippen molar-refractivity contribution in [2.24, 2.45) is 0 Å². The third kappa shape index (κ3) is 2.36. The third-order valence-electron chi connectivity index (χ3n) is 3.59. The van der Waals surface area contributed by atoms with Crippen LogP contribution < -0.4 is 9.64 Å². The van der Waals surface area contributed by atoms with E-state index in [-0.39, 0.29) is 5.91 Å². The number of anilines is 1. The van der Waals surface area contributed by atoms with Gasteiger partial charge in [0.1, 0.15) is 5.75 Å². The number of carbonyl (C=O) groups is 1. The molecular weight excluding hydrogens is 264 g/mol. The number of H-pyrrole nitrogens is 1. The molecule has 3 rings (SSSR count). The van der Waals surface area contributed by atoms with Crippen LogP contribution in [0.25, 0.3) is 10.9 Å². The quantitative estimate of drug-likeness (QED) is 0.798. The number of aromatic amines is 1. The number of methoxy groups -OCH3 is 1. The van der Waals surface area contributed by atoms with E-state index >= 15 is 0 Å². The number of carbonyl (C=O) groups excluding carboxylic acids is 1. The molecule has 1 amide bonds. The molecule has 0 atom stereocenters. The van der Waals surface area contributed by atoms with Gasteiger partial charge < -0.3 is 14.6 Å². The summed E-state index contributed by atoms with van der Waals surface area (Å²) in [5.41, 5.74) is 2.48. The maximum absolute atomic E-state index is 12.7. The SMILES string of the molecule is COc1ccc(N(C)C(=O)c2cccc3[nH]ccc23)cc1. The maximum atomic E-state index is 12.7. The van der Waals surface area contributed by atoms with Crippen LogP contribution in [0.15, 0.2) is 54.7 Å². The minimum atomic E-state index is -0.0367. The lowest BCUT2D eigenvalue weighted by molar-refractivity contribution is 0.0994. The summed E-state index contributed by atoms with van der Waals surface area (Å²) in [5, 5.41) is 0.933. The van der Waals surface area contributed by atoms with Crippen molar-refractivity contribution in [3.63, 3.8) is 0 Å². The Morgan fingerprint density at radius 3 is 2.57 bits per heavy atom. The highest BCUT2D eigenvalue weighted by molar-refractivity contribution is 6.13. The largest absolute Gasteiger partial charge is 0.497 e. The summed E-state index contributed by atoms with van der Waals surface area (Å²) in [6.45, 7) is 0. The molecule has 0 aliphatic rings. The van der Waals surface area contributed by atoms with Gasteiger partial charge in [-0.2, -0.15) is 0 Å². The minimum absolute atomic E-state index is 0.0367. The Balaban J connectivity index is 1.95. The summed E-state index contributed by atoms with van der Waals surface area (Å²) in [5.74, 6) is 0.734. The molecule has 0 spiro atoms. The average Bonchev–Trinajstić information content (AvgIpc) is 3.02. The van der Waals surface area contributed by atoms with Crippen LogP contribution in [0.5, 0.6) is 5.75 Å². The zero-order valence-electron chi connectivity index (χ0n) is 12.0. The normalized spacial score (nSPS) is 10.6. The first-order valence-electron chi connectivity index (χ1n) is 6.69. The molecule has 2 aromatic carbocycles. The molecule has 1 aromatic heterocycles. The zero-order chi connectivity index (χ0) is 14.8. The minimum Gasteiger partial charge on any atom is -0.497 e. The van der Waals surface area contributed by atoms with E-state index < -0.39 is 0 Å². The van der Waals surface area contributed by atoms with E-state index in [0.29, 0.717) is 5.56 Å². The van der Waals surface area contributed by atoms with E-state index in [9.17, 15) is 4.79 Å². The third-order valence-corrected chi connectivity index (χ3v) is 3.59. The van der Waals surface area contributed by atoms with Crippen molar-refractivity contribution in [3.8, 4) is 5.75 Å². The van der Waals surface area contributed by atoms with Crippen molar-refractivity contribution < 1.29 is 9.53 Å². The molecule has 21 heavy (non-hydrogen) atoms. The Labute approximate surface area is 123 Å². The van der Waals surface area contributed by atoms with Crippen LogP contribution in [-0.2, 0) is 0 Å². The topological polar surface area (TPSA) is 45.3 Å². The Morgan fingerprint density at radius 1 is 1.10 bits per heavy atom. The lowest BCUT2D eigenvalue weighted by atomic mass is 10.1. The molecule has 1 N–H and O–H groups in total. The monoisotopic (exact) mass is 280 g/mol. The zero-order valence-corrected chi connectivity index (χ0v) is 12.0. The van der Waals surface area contributed by atoms with E-state index in [0.717, 1.165) is 22.3 Å². The summed E-state index contributed by atoms with van der Waals surface area (Å²) in [7, 11) is 3.39. The summed E-state index contributed by atoms with van der Waals surface area (Å²) in [4.78, 5) is 17.5. The van der Waals surface area contributed by atoms with Gasteiger partial charge in [-0.3, -0.25) is 4.79 Å². The van der Waals surface area contributed by atoms with Gasteiger partial charge in [0.15, 0.2) is 0 Å². The Hall–Kier alpha value is -2.75. The molecule has 3 aromatic rings. The number of nitrogens with zero attached hydrogens (tertiary/aromatic N) is 1. The maximum Gasteiger partial charge on any atom is 0.258 e. The van der Waals surface area contributed by atoms with Gasteiger partial charge in [-0.25, -0.2) is 0 Å². The van der Waals surface area contributed by atoms with Crippen LogP contribution >= 0.6 is 0 Å². The van der Waals surface area contributed by atoms with E-state index in [4.69, 9.17) is 4.74 Å². The van der Waals surface area contributed by atoms with Crippen molar-refractivity contribution in [3.05, 3.63) is 60.3 Å². The molecule has 0 aliphatic carbocycles. The van der Waals surface area contributed by atoms with Crippen LogP contribution in [0, 0.1) is 0 Å². The van der Waals surface area contributed by atoms with Gasteiger partial charge in [-0.1, -0.05) is 6.07 Å². The average molecular weight is 280 g/mol. The number of rotatable bonds is 3. The van der Waals surface area contributed by atoms with Gasteiger partial charge in [-0.15, -0.1) is 0 Å². The Kier molecular flexibility index (Phi) is 3.36. The van der Waals surface area contributed by atoms with Gasteiger partial charge in [-0.05, 0) is 42.5 Å². The van der Waals surface area contributed by atoms with Crippen LogP contribution in [-0.4, -0.2) is 25.0 Å². The molecule has 0 aliphatic heterocycles. The molecule has 106 valence electrons. The molecule has 0 bridgehead atoms. The van der Waals surface area contributed by atoms with E-state index in [1.54, 1.807) is 19.1 Å². The fourth-order valence-corrected chi connectivity index (χ4v) is 2.38. The molecule has 0 saturated heterocycles. The van der Waals surface area contributed by atoms with Gasteiger partial charge >= 0.3 is 0 Å². The van der Waals surface area contributed by atoms with Crippen LogP contribution in [0.1, 0.15) is 10.4 Å². The number of amides is 1. The number of benzene rings is 2. The van der Waals surface area contributed by atoms with Crippen molar-refractivity contribution in [2.45, 2.75) is 0 Å². The molecule has 0 saturated carbocycles.